The second kappa shape index (κ2) is 5.93. The molecule has 1 aromatic heterocycles. The molecular weight excluding hydrogens is 288 g/mol. The van der Waals surface area contributed by atoms with E-state index in [1.165, 1.54) is 19.3 Å². The largest absolute Gasteiger partial charge is 0.341 e. The fourth-order valence-corrected chi connectivity index (χ4v) is 5.03. The first kappa shape index (κ1) is 15.2. The number of aryl methyl sites for hydroxylation is 1. The normalized spacial score (nSPS) is 34.4. The predicted molar refractivity (Wildman–Crippen MR) is 89.1 cm³/mol. The number of carbonyl (C=O) groups excluding carboxylic acids is 1. The number of fused-ring (bicyclic) bond motifs is 1. The van der Waals surface area contributed by atoms with Gasteiger partial charge in [-0.25, -0.2) is 0 Å². The first-order valence-electron chi connectivity index (χ1n) is 9.21. The number of hydrogen-bond donors (Lipinski definition) is 2. The lowest BCUT2D eigenvalue weighted by atomic mass is 9.67. The number of nitrogens with zero attached hydrogens (tertiary/aromatic N) is 2. The van der Waals surface area contributed by atoms with E-state index in [4.69, 9.17) is 0 Å². The van der Waals surface area contributed by atoms with Gasteiger partial charge in [-0.2, -0.15) is 5.10 Å². The van der Waals surface area contributed by atoms with Crippen LogP contribution in [-0.4, -0.2) is 47.2 Å². The summed E-state index contributed by atoms with van der Waals surface area (Å²) in [6, 6.07) is 2.14. The molecule has 1 unspecified atom stereocenters. The molecule has 1 saturated carbocycles. The average molecular weight is 316 g/mol. The molecule has 0 aromatic carbocycles. The van der Waals surface area contributed by atoms with Crippen LogP contribution in [-0.2, 0) is 4.79 Å². The van der Waals surface area contributed by atoms with Gasteiger partial charge in [0.15, 0.2) is 0 Å². The molecule has 3 fully saturated rings. The molecule has 0 spiro atoms. The van der Waals surface area contributed by atoms with Gasteiger partial charge in [-0.05, 0) is 51.1 Å². The highest BCUT2D eigenvalue weighted by atomic mass is 16.2. The third kappa shape index (κ3) is 2.59. The Kier molecular flexibility index (Phi) is 3.92. The quantitative estimate of drug-likeness (QED) is 0.879. The predicted octanol–water partition coefficient (Wildman–Crippen LogP) is 2.20. The molecule has 5 heteroatoms. The van der Waals surface area contributed by atoms with E-state index >= 15 is 0 Å². The lowest BCUT2D eigenvalue weighted by Crippen LogP contribution is -2.52. The molecule has 1 aliphatic carbocycles. The number of likely N-dealkylation sites (tertiary alicyclic amines) is 1. The van der Waals surface area contributed by atoms with Crippen LogP contribution >= 0.6 is 0 Å². The van der Waals surface area contributed by atoms with E-state index in [0.29, 0.717) is 17.7 Å². The van der Waals surface area contributed by atoms with Crippen LogP contribution in [0.3, 0.4) is 0 Å². The Labute approximate surface area is 138 Å². The van der Waals surface area contributed by atoms with Crippen molar-refractivity contribution in [3.05, 3.63) is 17.5 Å². The Bertz CT molecular complexity index is 583. The van der Waals surface area contributed by atoms with Crippen LogP contribution in [0.4, 0.5) is 0 Å². The van der Waals surface area contributed by atoms with Crippen LogP contribution in [0.15, 0.2) is 6.07 Å². The second-order valence-corrected chi connectivity index (χ2v) is 7.80. The minimum Gasteiger partial charge on any atom is -0.341 e. The SMILES string of the molecule is Cc1cc(C2CCCN(C(=O)[C@@]34CCCC[C@H]3CNC4)C2)n[nH]1. The maximum absolute atomic E-state index is 13.4. The molecule has 2 aliphatic heterocycles. The molecule has 23 heavy (non-hydrogen) atoms. The van der Waals surface area contributed by atoms with Crippen molar-refractivity contribution >= 4 is 5.91 Å². The van der Waals surface area contributed by atoms with Crippen LogP contribution in [0.25, 0.3) is 0 Å². The van der Waals surface area contributed by atoms with Crippen molar-refractivity contribution in [1.82, 2.24) is 20.4 Å². The molecule has 3 heterocycles. The van der Waals surface area contributed by atoms with E-state index in [-0.39, 0.29) is 5.41 Å². The zero-order valence-corrected chi connectivity index (χ0v) is 14.1. The topological polar surface area (TPSA) is 61.0 Å². The molecule has 1 aromatic rings. The molecular formula is C18H28N4O. The van der Waals surface area contributed by atoms with Gasteiger partial charge in [0.05, 0.1) is 11.1 Å². The van der Waals surface area contributed by atoms with Gasteiger partial charge in [0.1, 0.15) is 0 Å². The molecule has 3 atom stereocenters. The van der Waals surface area contributed by atoms with E-state index < -0.39 is 0 Å². The Morgan fingerprint density at radius 2 is 2.26 bits per heavy atom. The van der Waals surface area contributed by atoms with Crippen molar-refractivity contribution in [2.45, 2.75) is 51.4 Å². The summed E-state index contributed by atoms with van der Waals surface area (Å²) in [7, 11) is 0. The van der Waals surface area contributed by atoms with Crippen molar-refractivity contribution in [1.29, 1.82) is 0 Å². The van der Waals surface area contributed by atoms with Crippen molar-refractivity contribution in [3.8, 4) is 0 Å². The molecule has 3 aliphatic rings. The molecule has 1 amide bonds. The van der Waals surface area contributed by atoms with Crippen LogP contribution in [0.1, 0.15) is 55.8 Å². The smallest absolute Gasteiger partial charge is 0.230 e. The van der Waals surface area contributed by atoms with Crippen molar-refractivity contribution < 1.29 is 4.79 Å². The summed E-state index contributed by atoms with van der Waals surface area (Å²) < 4.78 is 0. The van der Waals surface area contributed by atoms with E-state index in [9.17, 15) is 4.79 Å². The highest BCUT2D eigenvalue weighted by Crippen LogP contribution is 2.45. The Morgan fingerprint density at radius 1 is 1.35 bits per heavy atom. The molecule has 0 bridgehead atoms. The van der Waals surface area contributed by atoms with Gasteiger partial charge in [-0.1, -0.05) is 12.8 Å². The lowest BCUT2D eigenvalue weighted by molar-refractivity contribution is -0.146. The highest BCUT2D eigenvalue weighted by molar-refractivity contribution is 5.84. The fraction of sp³-hybridized carbons (Fsp3) is 0.778. The minimum absolute atomic E-state index is 0.109. The zero-order chi connectivity index (χ0) is 15.9. The van der Waals surface area contributed by atoms with Crippen LogP contribution in [0.2, 0.25) is 0 Å². The summed E-state index contributed by atoms with van der Waals surface area (Å²) in [4.78, 5) is 15.6. The van der Waals surface area contributed by atoms with Crippen molar-refractivity contribution in [2.75, 3.05) is 26.2 Å². The second-order valence-electron chi connectivity index (χ2n) is 7.80. The summed E-state index contributed by atoms with van der Waals surface area (Å²) in [5.74, 6) is 1.37. The molecule has 2 N–H and O–H groups in total. The Hall–Kier alpha value is -1.36. The number of rotatable bonds is 2. The van der Waals surface area contributed by atoms with Crippen molar-refractivity contribution in [3.63, 3.8) is 0 Å². The number of aromatic amines is 1. The van der Waals surface area contributed by atoms with Gasteiger partial charge < -0.3 is 10.2 Å². The monoisotopic (exact) mass is 316 g/mol. The van der Waals surface area contributed by atoms with Crippen LogP contribution in [0.5, 0.6) is 0 Å². The Balaban J connectivity index is 1.51. The first-order chi connectivity index (χ1) is 11.2. The van der Waals surface area contributed by atoms with Crippen LogP contribution < -0.4 is 5.32 Å². The van der Waals surface area contributed by atoms with E-state index in [0.717, 1.165) is 56.8 Å². The number of carbonyl (C=O) groups is 1. The van der Waals surface area contributed by atoms with Crippen LogP contribution in [0, 0.1) is 18.3 Å². The van der Waals surface area contributed by atoms with Gasteiger partial charge in [0, 0.05) is 31.2 Å². The Morgan fingerprint density at radius 3 is 3.09 bits per heavy atom. The number of H-pyrrole nitrogens is 1. The van der Waals surface area contributed by atoms with E-state index in [2.05, 4.69) is 26.5 Å². The average Bonchev–Trinajstić information content (AvgIpc) is 3.21. The summed E-state index contributed by atoms with van der Waals surface area (Å²) in [5, 5.41) is 11.0. The van der Waals surface area contributed by atoms with Gasteiger partial charge in [-0.3, -0.25) is 9.89 Å². The number of nitrogens with one attached hydrogen (secondary N) is 2. The molecule has 126 valence electrons. The number of aromatic nitrogens is 2. The molecule has 5 nitrogen and oxygen atoms in total. The molecule has 2 saturated heterocycles. The van der Waals surface area contributed by atoms with Gasteiger partial charge in [-0.15, -0.1) is 0 Å². The maximum Gasteiger partial charge on any atom is 0.230 e. The van der Waals surface area contributed by atoms with Crippen molar-refractivity contribution in [2.24, 2.45) is 11.3 Å². The van der Waals surface area contributed by atoms with E-state index in [1.807, 2.05) is 6.92 Å². The fourth-order valence-electron chi connectivity index (χ4n) is 5.03. The summed E-state index contributed by atoms with van der Waals surface area (Å²) >= 11 is 0. The van der Waals surface area contributed by atoms with Gasteiger partial charge in [0.25, 0.3) is 0 Å². The highest BCUT2D eigenvalue weighted by Gasteiger charge is 2.51. The first-order valence-corrected chi connectivity index (χ1v) is 9.21. The third-order valence-corrected chi connectivity index (χ3v) is 6.32. The minimum atomic E-state index is -0.109. The summed E-state index contributed by atoms with van der Waals surface area (Å²) in [6.07, 6.45) is 7.02. The summed E-state index contributed by atoms with van der Waals surface area (Å²) in [5.41, 5.74) is 2.12. The molecule has 0 radical (unpaired) electrons. The van der Waals surface area contributed by atoms with E-state index in [1.54, 1.807) is 0 Å². The zero-order valence-electron chi connectivity index (χ0n) is 14.1. The van der Waals surface area contributed by atoms with Gasteiger partial charge >= 0.3 is 0 Å². The summed E-state index contributed by atoms with van der Waals surface area (Å²) in [6.45, 7) is 5.73. The maximum atomic E-state index is 13.4. The number of amides is 1. The number of piperidine rings is 1. The molecule has 4 rings (SSSR count). The van der Waals surface area contributed by atoms with Gasteiger partial charge in [0.2, 0.25) is 5.91 Å². The number of hydrogen-bond acceptors (Lipinski definition) is 3. The standard InChI is InChI=1S/C18H28N4O/c1-13-9-16(21-20-13)14-5-4-8-22(11-14)17(23)18-7-3-2-6-15(18)10-19-12-18/h9,14-15,19H,2-8,10-12H2,1H3,(H,20,21)/t14?,15-,18+/m0/s1. The lowest BCUT2D eigenvalue weighted by Gasteiger charge is -2.43. The third-order valence-electron chi connectivity index (χ3n) is 6.32.